The molecule has 0 saturated heterocycles. The summed E-state index contributed by atoms with van der Waals surface area (Å²) >= 11 is 2.83. The molecule has 1 heterocycles. The zero-order valence-corrected chi connectivity index (χ0v) is 17.4. The number of rotatable bonds is 8. The number of halogens is 1. The second-order valence-corrected chi connectivity index (χ2v) is 8.16. The van der Waals surface area contributed by atoms with Gasteiger partial charge in [-0.05, 0) is 23.3 Å². The fourth-order valence-corrected chi connectivity index (χ4v) is 4.00. The Morgan fingerprint density at radius 3 is 2.45 bits per heavy atom. The molecule has 0 saturated carbocycles. The van der Waals surface area contributed by atoms with E-state index in [1.165, 1.54) is 42.2 Å². The van der Waals surface area contributed by atoms with Crippen molar-refractivity contribution in [1.82, 2.24) is 10.3 Å². The topological polar surface area (TPSA) is 71.1 Å². The third-order valence-electron chi connectivity index (χ3n) is 3.96. The van der Waals surface area contributed by atoms with Gasteiger partial charge in [0, 0.05) is 30.2 Å². The van der Waals surface area contributed by atoms with Gasteiger partial charge in [-0.3, -0.25) is 9.59 Å². The predicted molar refractivity (Wildman–Crippen MR) is 116 cm³/mol. The van der Waals surface area contributed by atoms with E-state index in [0.29, 0.717) is 23.2 Å². The van der Waals surface area contributed by atoms with Crippen LogP contribution in [0.1, 0.15) is 18.1 Å². The van der Waals surface area contributed by atoms with E-state index in [1.54, 1.807) is 12.1 Å². The Morgan fingerprint density at radius 2 is 1.76 bits per heavy atom. The highest BCUT2D eigenvalue weighted by Crippen LogP contribution is 2.25. The molecule has 3 aromatic rings. The van der Waals surface area contributed by atoms with Gasteiger partial charge in [0.05, 0.1) is 11.4 Å². The van der Waals surface area contributed by atoms with E-state index in [2.05, 4.69) is 15.6 Å². The lowest BCUT2D eigenvalue weighted by Crippen LogP contribution is -2.18. The average Bonchev–Trinajstić information content (AvgIpc) is 3.16. The maximum atomic E-state index is 12.9. The first-order chi connectivity index (χ1) is 14.0. The van der Waals surface area contributed by atoms with Crippen molar-refractivity contribution in [3.63, 3.8) is 0 Å². The fourth-order valence-electron chi connectivity index (χ4n) is 2.48. The van der Waals surface area contributed by atoms with E-state index >= 15 is 0 Å². The van der Waals surface area contributed by atoms with Crippen LogP contribution in [0.3, 0.4) is 0 Å². The molecule has 0 spiro atoms. The number of carbonyl (C=O) groups is 2. The lowest BCUT2D eigenvalue weighted by atomic mass is 10.1. The van der Waals surface area contributed by atoms with Crippen molar-refractivity contribution < 1.29 is 14.0 Å². The van der Waals surface area contributed by atoms with Crippen LogP contribution < -0.4 is 10.6 Å². The van der Waals surface area contributed by atoms with Crippen LogP contribution >= 0.6 is 23.1 Å². The second kappa shape index (κ2) is 10.2. The monoisotopic (exact) mass is 429 g/mol. The third-order valence-corrected chi connectivity index (χ3v) is 5.72. The van der Waals surface area contributed by atoms with Crippen LogP contribution in [0.4, 0.5) is 9.52 Å². The van der Waals surface area contributed by atoms with Crippen molar-refractivity contribution in [2.24, 2.45) is 0 Å². The summed E-state index contributed by atoms with van der Waals surface area (Å²) in [6, 6.07) is 14.0. The molecule has 0 bridgehead atoms. The van der Waals surface area contributed by atoms with Crippen molar-refractivity contribution in [2.45, 2.75) is 19.2 Å². The molecule has 8 heteroatoms. The van der Waals surface area contributed by atoms with Gasteiger partial charge in [-0.1, -0.05) is 36.4 Å². The number of benzene rings is 2. The number of hydrogen-bond donors (Lipinski definition) is 2. The Balaban J connectivity index is 1.48. The van der Waals surface area contributed by atoms with Crippen molar-refractivity contribution >= 4 is 40.0 Å². The zero-order chi connectivity index (χ0) is 20.6. The number of anilines is 1. The Labute approximate surface area is 176 Å². The van der Waals surface area contributed by atoms with Crippen LogP contribution in [0.2, 0.25) is 0 Å². The fraction of sp³-hybridized carbons (Fsp3) is 0.190. The average molecular weight is 430 g/mol. The number of carbonyl (C=O) groups excluding carboxylic acids is 2. The first kappa shape index (κ1) is 21.0. The SMILES string of the molecule is CC(=O)NCc1ccc(-c2csc(NC(=O)CSCc3ccc(F)cc3)n2)cc1. The lowest BCUT2D eigenvalue weighted by molar-refractivity contribution is -0.119. The summed E-state index contributed by atoms with van der Waals surface area (Å²) in [5.41, 5.74) is 3.71. The number of nitrogens with zero attached hydrogens (tertiary/aromatic N) is 1. The van der Waals surface area contributed by atoms with Gasteiger partial charge < -0.3 is 10.6 Å². The maximum Gasteiger partial charge on any atom is 0.236 e. The first-order valence-electron chi connectivity index (χ1n) is 8.91. The van der Waals surface area contributed by atoms with Gasteiger partial charge in [-0.25, -0.2) is 9.37 Å². The highest BCUT2D eigenvalue weighted by atomic mass is 32.2. The van der Waals surface area contributed by atoms with Crippen LogP contribution in [-0.4, -0.2) is 22.6 Å². The summed E-state index contributed by atoms with van der Waals surface area (Å²) in [7, 11) is 0. The molecule has 150 valence electrons. The van der Waals surface area contributed by atoms with Gasteiger partial charge in [-0.2, -0.15) is 0 Å². The lowest BCUT2D eigenvalue weighted by Gasteiger charge is -2.04. The molecule has 29 heavy (non-hydrogen) atoms. The molecule has 0 atom stereocenters. The number of thioether (sulfide) groups is 1. The van der Waals surface area contributed by atoms with E-state index in [-0.39, 0.29) is 17.6 Å². The summed E-state index contributed by atoms with van der Waals surface area (Å²) in [4.78, 5) is 27.6. The number of hydrogen-bond acceptors (Lipinski definition) is 5. The van der Waals surface area contributed by atoms with E-state index in [0.717, 1.165) is 22.4 Å². The Hall–Kier alpha value is -2.71. The molecule has 0 unspecified atom stereocenters. The van der Waals surface area contributed by atoms with Gasteiger partial charge >= 0.3 is 0 Å². The molecule has 0 aliphatic carbocycles. The number of thiazole rings is 1. The first-order valence-corrected chi connectivity index (χ1v) is 10.9. The minimum Gasteiger partial charge on any atom is -0.352 e. The Morgan fingerprint density at radius 1 is 1.07 bits per heavy atom. The summed E-state index contributed by atoms with van der Waals surface area (Å²) in [6.07, 6.45) is 0. The van der Waals surface area contributed by atoms with Gasteiger partial charge in [0.15, 0.2) is 5.13 Å². The van der Waals surface area contributed by atoms with E-state index in [9.17, 15) is 14.0 Å². The van der Waals surface area contributed by atoms with Gasteiger partial charge in [0.25, 0.3) is 0 Å². The highest BCUT2D eigenvalue weighted by Gasteiger charge is 2.09. The summed E-state index contributed by atoms with van der Waals surface area (Å²) in [5, 5.41) is 8.01. The summed E-state index contributed by atoms with van der Waals surface area (Å²) in [6.45, 7) is 1.98. The van der Waals surface area contributed by atoms with Gasteiger partial charge in [-0.15, -0.1) is 23.1 Å². The van der Waals surface area contributed by atoms with Crippen molar-refractivity contribution in [2.75, 3.05) is 11.1 Å². The largest absolute Gasteiger partial charge is 0.352 e. The number of aromatic nitrogens is 1. The van der Waals surface area contributed by atoms with Crippen molar-refractivity contribution in [1.29, 1.82) is 0 Å². The molecule has 1 aromatic heterocycles. The molecule has 5 nitrogen and oxygen atoms in total. The molecule has 0 radical (unpaired) electrons. The molecular weight excluding hydrogens is 409 g/mol. The van der Waals surface area contributed by atoms with Crippen molar-refractivity contribution in [3.8, 4) is 11.3 Å². The van der Waals surface area contributed by atoms with E-state index in [4.69, 9.17) is 0 Å². The van der Waals surface area contributed by atoms with Crippen molar-refractivity contribution in [3.05, 3.63) is 70.9 Å². The smallest absolute Gasteiger partial charge is 0.236 e. The Bertz CT molecular complexity index is 972. The zero-order valence-electron chi connectivity index (χ0n) is 15.8. The number of nitrogens with one attached hydrogen (secondary N) is 2. The van der Waals surface area contributed by atoms with Crippen LogP contribution in [0.5, 0.6) is 0 Å². The van der Waals surface area contributed by atoms with Crippen LogP contribution in [0.15, 0.2) is 53.9 Å². The van der Waals surface area contributed by atoms with Gasteiger partial charge in [0.2, 0.25) is 11.8 Å². The standard InChI is InChI=1S/C21H20FN3O2S2/c1-14(26)23-10-15-2-6-17(7-3-15)19-12-29-21(24-19)25-20(27)13-28-11-16-4-8-18(22)9-5-16/h2-9,12H,10-11,13H2,1H3,(H,23,26)(H,24,25,27). The normalized spacial score (nSPS) is 10.6. The molecule has 0 aliphatic heterocycles. The minimum atomic E-state index is -0.265. The molecule has 3 rings (SSSR count). The Kier molecular flexibility index (Phi) is 7.37. The quantitative estimate of drug-likeness (QED) is 0.555. The van der Waals surface area contributed by atoms with Crippen LogP contribution in [0.25, 0.3) is 11.3 Å². The minimum absolute atomic E-state index is 0.0650. The molecule has 0 fully saturated rings. The van der Waals surface area contributed by atoms with E-state index < -0.39 is 0 Å². The summed E-state index contributed by atoms with van der Waals surface area (Å²) in [5.74, 6) is 0.484. The molecular formula is C21H20FN3O2S2. The van der Waals surface area contributed by atoms with Gasteiger partial charge in [0.1, 0.15) is 5.82 Å². The molecule has 0 aliphatic rings. The van der Waals surface area contributed by atoms with Crippen LogP contribution in [0, 0.1) is 5.82 Å². The maximum absolute atomic E-state index is 12.9. The van der Waals surface area contributed by atoms with E-state index in [1.807, 2.05) is 29.6 Å². The highest BCUT2D eigenvalue weighted by molar-refractivity contribution is 7.99. The molecule has 2 N–H and O–H groups in total. The predicted octanol–water partition coefficient (Wildman–Crippen LogP) is 4.46. The van der Waals surface area contributed by atoms with Crippen LogP contribution in [-0.2, 0) is 21.9 Å². The molecule has 2 aromatic carbocycles. The molecule has 2 amide bonds. The third kappa shape index (κ3) is 6.69. The summed E-state index contributed by atoms with van der Waals surface area (Å²) < 4.78 is 12.9. The second-order valence-electron chi connectivity index (χ2n) is 6.31. The number of amides is 2.